The molecule has 3 N–H and O–H groups in total. The average Bonchev–Trinajstić information content (AvgIpc) is 3.12. The van der Waals surface area contributed by atoms with Gasteiger partial charge in [0.25, 0.3) is 5.69 Å². The van der Waals surface area contributed by atoms with Crippen LogP contribution in [-0.4, -0.2) is 15.6 Å². The molecule has 1 heterocycles. The lowest BCUT2D eigenvalue weighted by Gasteiger charge is -2.38. The Kier molecular flexibility index (Phi) is 9.27. The maximum absolute atomic E-state index is 12.7. The van der Waals surface area contributed by atoms with E-state index in [0.29, 0.717) is 28.9 Å². The minimum absolute atomic E-state index is 0.0291. The lowest BCUT2D eigenvalue weighted by molar-refractivity contribution is -0.385. The number of hydrogen-bond donors (Lipinski definition) is 3. The molecule has 0 saturated carbocycles. The molecule has 0 amide bonds. The first-order valence-electron chi connectivity index (χ1n) is 15.5. The van der Waals surface area contributed by atoms with Crippen molar-refractivity contribution in [2.75, 3.05) is 5.32 Å². The zero-order valence-electron chi connectivity index (χ0n) is 26.1. The van der Waals surface area contributed by atoms with Crippen LogP contribution in [0.1, 0.15) is 44.6 Å². The number of nitro benzene ring substituents is 1. The molecule has 0 aliphatic heterocycles. The molecular weight excluding hydrogens is 582 g/mol. The third-order valence-corrected chi connectivity index (χ3v) is 8.30. The van der Waals surface area contributed by atoms with E-state index in [9.17, 15) is 15.5 Å². The van der Waals surface area contributed by atoms with Gasteiger partial charge in [0, 0.05) is 47.7 Å². The average molecular weight is 618 g/mol. The van der Waals surface area contributed by atoms with Crippen molar-refractivity contribution < 1.29 is 4.92 Å². The number of rotatable bonds is 12. The smallest absolute Gasteiger partial charge is 0.275 e. The molecule has 0 bridgehead atoms. The van der Waals surface area contributed by atoms with Crippen molar-refractivity contribution in [3.8, 4) is 0 Å². The van der Waals surface area contributed by atoms with Crippen LogP contribution >= 0.6 is 0 Å². The van der Waals surface area contributed by atoms with Gasteiger partial charge in [0.2, 0.25) is 0 Å². The quantitative estimate of drug-likeness (QED) is 0.0554. The normalized spacial score (nSPS) is 11.2. The van der Waals surface area contributed by atoms with Crippen molar-refractivity contribution in [1.82, 2.24) is 10.3 Å². The molecule has 0 radical (unpaired) electrons. The van der Waals surface area contributed by atoms with Crippen molar-refractivity contribution in [2.45, 2.75) is 25.6 Å². The maximum atomic E-state index is 12.7. The zero-order chi connectivity index (χ0) is 32.6. The highest BCUT2D eigenvalue weighted by molar-refractivity contribution is 6.14. The van der Waals surface area contributed by atoms with Crippen LogP contribution in [-0.2, 0) is 18.6 Å². The predicted molar refractivity (Wildman–Crippen MR) is 188 cm³/mol. The summed E-state index contributed by atoms with van der Waals surface area (Å²) in [5.74, 6) is 0. The number of nitro groups is 1. The van der Waals surface area contributed by atoms with Crippen LogP contribution in [0.3, 0.4) is 0 Å². The van der Waals surface area contributed by atoms with Crippen molar-refractivity contribution in [2.24, 2.45) is 0 Å². The minimum Gasteiger partial charge on any atom is -0.367 e. The Morgan fingerprint density at radius 3 is 1.79 bits per heavy atom. The highest BCUT2D eigenvalue weighted by Gasteiger charge is 2.38. The summed E-state index contributed by atoms with van der Waals surface area (Å²) in [6.45, 7) is 2.69. The molecule has 5 aromatic carbocycles. The Bertz CT molecular complexity index is 1890. The second-order valence-corrected chi connectivity index (χ2v) is 11.4. The number of aryl methyl sites for hydroxylation is 1. The third-order valence-electron chi connectivity index (χ3n) is 8.30. The molecule has 232 valence electrons. The van der Waals surface area contributed by atoms with E-state index in [1.807, 2.05) is 97.9 Å². The molecule has 0 aliphatic rings. The summed E-state index contributed by atoms with van der Waals surface area (Å²) in [6.07, 6.45) is 1.68. The first-order valence-corrected chi connectivity index (χ1v) is 15.5. The van der Waals surface area contributed by atoms with E-state index < -0.39 is 5.54 Å². The van der Waals surface area contributed by atoms with Gasteiger partial charge in [-0.05, 0) is 47.4 Å². The van der Waals surface area contributed by atoms with Gasteiger partial charge in [0.05, 0.1) is 16.3 Å². The topological polar surface area (TPSA) is 104 Å². The molecule has 6 rings (SSSR count). The van der Waals surface area contributed by atoms with Gasteiger partial charge in [0.15, 0.2) is 0 Å². The Labute approximate surface area is 274 Å². The minimum atomic E-state index is -0.950. The molecule has 1 aromatic heterocycles. The van der Waals surface area contributed by atoms with Crippen molar-refractivity contribution in [3.05, 3.63) is 207 Å². The molecule has 6 aromatic rings. The monoisotopic (exact) mass is 617 g/mol. The fourth-order valence-corrected chi connectivity index (χ4v) is 6.03. The summed E-state index contributed by atoms with van der Waals surface area (Å²) in [6, 6.07) is 47.1. The van der Waals surface area contributed by atoms with Gasteiger partial charge >= 0.3 is 0 Å². The number of benzene rings is 5. The summed E-state index contributed by atoms with van der Waals surface area (Å²) in [4.78, 5) is 16.7. The van der Waals surface area contributed by atoms with Crippen LogP contribution in [0.15, 0.2) is 152 Å². The number of nitrogens with one attached hydrogen (secondary N) is 3. The second kappa shape index (κ2) is 14.0. The fourth-order valence-electron chi connectivity index (χ4n) is 6.03. The lowest BCUT2D eigenvalue weighted by Crippen LogP contribution is -2.38. The van der Waals surface area contributed by atoms with Gasteiger partial charge in [-0.1, -0.05) is 121 Å². The van der Waals surface area contributed by atoms with Crippen LogP contribution < -0.4 is 10.6 Å². The zero-order valence-corrected chi connectivity index (χ0v) is 26.1. The van der Waals surface area contributed by atoms with Crippen molar-refractivity contribution in [1.29, 1.82) is 5.41 Å². The van der Waals surface area contributed by atoms with Gasteiger partial charge in [-0.3, -0.25) is 20.5 Å². The molecule has 0 unspecified atom stereocenters. The molecule has 0 aliphatic carbocycles. The number of hydrogen-bond acceptors (Lipinski definition) is 6. The highest BCUT2D eigenvalue weighted by atomic mass is 16.6. The molecule has 0 spiro atoms. The van der Waals surface area contributed by atoms with Gasteiger partial charge in [-0.15, -0.1) is 0 Å². The Balaban J connectivity index is 1.55. The second-order valence-electron chi connectivity index (χ2n) is 11.4. The standard InChI is InChI=1S/C40H35N5O2/c1-29-24-31(22-23-43-29)39(41)36-25-32(28-42-27-30-14-6-2-7-15-30)38(45(46)47)26-37(36)44-40(33-16-8-3-9-17-33,34-18-10-4-11-19-34)35-20-12-5-13-21-35/h2-26,41-42,44H,27-28H2,1H3. The van der Waals surface area contributed by atoms with E-state index in [-0.39, 0.29) is 22.9 Å². The number of nitrogens with zero attached hydrogens (tertiary/aromatic N) is 2. The number of anilines is 1. The van der Waals surface area contributed by atoms with Gasteiger partial charge in [0.1, 0.15) is 5.54 Å². The Morgan fingerprint density at radius 1 is 0.745 bits per heavy atom. The first-order chi connectivity index (χ1) is 23.0. The Hall–Kier alpha value is -5.92. The van der Waals surface area contributed by atoms with Crippen molar-refractivity contribution >= 4 is 17.1 Å². The van der Waals surface area contributed by atoms with E-state index >= 15 is 0 Å². The summed E-state index contributed by atoms with van der Waals surface area (Å²) >= 11 is 0. The summed E-state index contributed by atoms with van der Waals surface area (Å²) in [5.41, 5.74) is 6.14. The van der Waals surface area contributed by atoms with E-state index in [0.717, 1.165) is 27.9 Å². The fraction of sp³-hybridized carbons (Fsp3) is 0.100. The van der Waals surface area contributed by atoms with E-state index in [2.05, 4.69) is 52.0 Å². The molecular formula is C40H35N5O2. The predicted octanol–water partition coefficient (Wildman–Crippen LogP) is 8.41. The third kappa shape index (κ3) is 6.71. The van der Waals surface area contributed by atoms with E-state index in [4.69, 9.17) is 0 Å². The van der Waals surface area contributed by atoms with E-state index in [1.165, 1.54) is 0 Å². The van der Waals surface area contributed by atoms with Crippen LogP contribution in [0.4, 0.5) is 11.4 Å². The van der Waals surface area contributed by atoms with Crippen LogP contribution in [0.5, 0.6) is 0 Å². The maximum Gasteiger partial charge on any atom is 0.275 e. The molecule has 0 saturated heterocycles. The molecule has 0 fully saturated rings. The van der Waals surface area contributed by atoms with E-state index in [1.54, 1.807) is 24.4 Å². The van der Waals surface area contributed by atoms with Crippen LogP contribution in [0, 0.1) is 22.4 Å². The van der Waals surface area contributed by atoms with Crippen molar-refractivity contribution in [3.63, 3.8) is 0 Å². The largest absolute Gasteiger partial charge is 0.367 e. The first kappa shape index (κ1) is 31.1. The lowest BCUT2D eigenvalue weighted by atomic mass is 9.76. The van der Waals surface area contributed by atoms with Gasteiger partial charge < -0.3 is 10.6 Å². The van der Waals surface area contributed by atoms with Crippen LogP contribution in [0.25, 0.3) is 0 Å². The van der Waals surface area contributed by atoms with Gasteiger partial charge in [-0.2, -0.15) is 0 Å². The highest BCUT2D eigenvalue weighted by Crippen LogP contribution is 2.42. The van der Waals surface area contributed by atoms with Gasteiger partial charge in [-0.25, -0.2) is 0 Å². The van der Waals surface area contributed by atoms with Crippen LogP contribution in [0.2, 0.25) is 0 Å². The Morgan fingerprint density at radius 2 is 1.28 bits per heavy atom. The number of pyridine rings is 1. The molecule has 7 nitrogen and oxygen atoms in total. The summed E-state index contributed by atoms with van der Waals surface area (Å²) in [7, 11) is 0. The SMILES string of the molecule is Cc1cc(C(=N)c2cc(CNCc3ccccc3)c([N+](=O)[O-])cc2NC(c2ccccc2)(c2ccccc2)c2ccccc2)ccn1. The molecule has 47 heavy (non-hydrogen) atoms. The molecule has 0 atom stereocenters. The number of aromatic nitrogens is 1. The summed E-state index contributed by atoms with van der Waals surface area (Å²) < 4.78 is 0. The summed E-state index contributed by atoms with van der Waals surface area (Å²) in [5, 5.41) is 29.3. The molecule has 7 heteroatoms.